The predicted molar refractivity (Wildman–Crippen MR) is 100.0 cm³/mol. The molecule has 0 radical (unpaired) electrons. The lowest BCUT2D eigenvalue weighted by atomic mass is 9.86. The van der Waals surface area contributed by atoms with E-state index in [0.29, 0.717) is 25.9 Å². The Hall–Kier alpha value is -1.80. The monoisotopic (exact) mass is 394 g/mol. The number of rotatable bonds is 4. The largest absolute Gasteiger partial charge is 0.454 e. The van der Waals surface area contributed by atoms with Crippen molar-refractivity contribution in [3.05, 3.63) is 23.8 Å². The maximum absolute atomic E-state index is 13.0. The number of piperidine rings is 1. The fourth-order valence-electron chi connectivity index (χ4n) is 4.45. The fourth-order valence-corrected chi connectivity index (χ4v) is 5.32. The molecule has 1 N–H and O–H groups in total. The number of hydrogen-bond donors (Lipinski definition) is 1. The van der Waals surface area contributed by atoms with Crippen LogP contribution in [0.2, 0.25) is 0 Å². The molecule has 27 heavy (non-hydrogen) atoms. The quantitative estimate of drug-likeness (QED) is 0.844. The van der Waals surface area contributed by atoms with Crippen molar-refractivity contribution in [2.75, 3.05) is 26.1 Å². The van der Waals surface area contributed by atoms with Gasteiger partial charge in [-0.15, -0.1) is 0 Å². The van der Waals surface area contributed by atoms with Crippen LogP contribution in [-0.4, -0.2) is 44.8 Å². The number of fused-ring (bicyclic) bond motifs is 1. The normalized spacial score (nSPS) is 22.7. The Kier molecular flexibility index (Phi) is 4.80. The summed E-state index contributed by atoms with van der Waals surface area (Å²) in [5, 5.41) is 3.32. The number of ether oxygens (including phenoxy) is 2. The third kappa shape index (κ3) is 3.65. The van der Waals surface area contributed by atoms with E-state index in [1.807, 2.05) is 18.2 Å². The van der Waals surface area contributed by atoms with Gasteiger partial charge in [0.05, 0.1) is 11.8 Å². The molecule has 0 bridgehead atoms. The molecule has 2 aliphatic heterocycles. The predicted octanol–water partition coefficient (Wildman–Crippen LogP) is 1.97. The van der Waals surface area contributed by atoms with Crippen molar-refractivity contribution >= 4 is 15.9 Å². The first-order chi connectivity index (χ1) is 12.9. The van der Waals surface area contributed by atoms with Gasteiger partial charge in [-0.05, 0) is 43.4 Å². The van der Waals surface area contributed by atoms with Crippen LogP contribution in [0, 0.1) is 5.92 Å². The topological polar surface area (TPSA) is 84.9 Å². The Bertz CT molecular complexity index is 825. The lowest BCUT2D eigenvalue weighted by molar-refractivity contribution is -0.128. The lowest BCUT2D eigenvalue weighted by Crippen LogP contribution is -2.49. The number of nitrogens with zero attached hydrogens (tertiary/aromatic N) is 1. The summed E-state index contributed by atoms with van der Waals surface area (Å²) >= 11 is 0. The van der Waals surface area contributed by atoms with Gasteiger partial charge in [-0.1, -0.05) is 18.9 Å². The van der Waals surface area contributed by atoms with Crippen molar-refractivity contribution in [3.63, 3.8) is 0 Å². The highest BCUT2D eigenvalue weighted by atomic mass is 32.2. The molecule has 4 rings (SSSR count). The van der Waals surface area contributed by atoms with Crippen LogP contribution < -0.4 is 14.8 Å². The SMILES string of the molecule is CS(=O)(=O)N1CCC(C(=O)NC2(c3ccc4c(c3)OCO4)CCCC2)CC1. The molecule has 1 aromatic rings. The summed E-state index contributed by atoms with van der Waals surface area (Å²) in [5.41, 5.74) is 0.692. The summed E-state index contributed by atoms with van der Waals surface area (Å²) in [6.07, 6.45) is 6.30. The maximum atomic E-state index is 13.0. The van der Waals surface area contributed by atoms with Crippen molar-refractivity contribution in [1.82, 2.24) is 9.62 Å². The molecule has 1 aliphatic carbocycles. The molecular formula is C19H26N2O5S. The highest BCUT2D eigenvalue weighted by Gasteiger charge is 2.40. The minimum atomic E-state index is -3.18. The number of amides is 1. The summed E-state index contributed by atoms with van der Waals surface area (Å²) in [4.78, 5) is 13.0. The average molecular weight is 394 g/mol. The first kappa shape index (κ1) is 18.6. The Morgan fingerprint density at radius 3 is 2.48 bits per heavy atom. The highest BCUT2D eigenvalue weighted by molar-refractivity contribution is 7.88. The summed E-state index contributed by atoms with van der Waals surface area (Å²) in [5.74, 6) is 1.36. The molecule has 0 atom stereocenters. The van der Waals surface area contributed by atoms with Gasteiger partial charge in [0.15, 0.2) is 11.5 Å². The van der Waals surface area contributed by atoms with Gasteiger partial charge in [0.1, 0.15) is 0 Å². The van der Waals surface area contributed by atoms with Gasteiger partial charge < -0.3 is 14.8 Å². The molecule has 2 fully saturated rings. The molecule has 1 saturated heterocycles. The molecule has 2 heterocycles. The Labute approximate surface area is 160 Å². The molecule has 7 nitrogen and oxygen atoms in total. The smallest absolute Gasteiger partial charge is 0.231 e. The van der Waals surface area contributed by atoms with Crippen LogP contribution in [0.5, 0.6) is 11.5 Å². The zero-order chi connectivity index (χ0) is 19.1. The molecule has 3 aliphatic rings. The second-order valence-electron chi connectivity index (χ2n) is 7.78. The van der Waals surface area contributed by atoms with Gasteiger partial charge in [-0.2, -0.15) is 0 Å². The second-order valence-corrected chi connectivity index (χ2v) is 9.77. The first-order valence-corrected chi connectivity index (χ1v) is 11.4. The third-order valence-corrected chi connectivity index (χ3v) is 7.34. The van der Waals surface area contributed by atoms with E-state index >= 15 is 0 Å². The van der Waals surface area contributed by atoms with Crippen LogP contribution in [0.1, 0.15) is 44.1 Å². The number of sulfonamides is 1. The van der Waals surface area contributed by atoms with E-state index in [1.165, 1.54) is 10.6 Å². The van der Waals surface area contributed by atoms with Gasteiger partial charge in [-0.25, -0.2) is 12.7 Å². The van der Waals surface area contributed by atoms with Gasteiger partial charge in [0, 0.05) is 19.0 Å². The van der Waals surface area contributed by atoms with Crippen LogP contribution in [0.3, 0.4) is 0 Å². The first-order valence-electron chi connectivity index (χ1n) is 9.55. The fraction of sp³-hybridized carbons (Fsp3) is 0.632. The molecular weight excluding hydrogens is 368 g/mol. The molecule has 1 aromatic carbocycles. The van der Waals surface area contributed by atoms with Crippen molar-refractivity contribution in [1.29, 1.82) is 0 Å². The van der Waals surface area contributed by atoms with Crippen LogP contribution in [0.25, 0.3) is 0 Å². The summed E-state index contributed by atoms with van der Waals surface area (Å²) in [7, 11) is -3.18. The minimum absolute atomic E-state index is 0.0303. The lowest BCUT2D eigenvalue weighted by Gasteiger charge is -2.35. The van der Waals surface area contributed by atoms with Crippen molar-refractivity contribution in [2.45, 2.75) is 44.1 Å². The summed E-state index contributed by atoms with van der Waals surface area (Å²) in [6, 6.07) is 5.92. The zero-order valence-corrected chi connectivity index (χ0v) is 16.4. The van der Waals surface area contributed by atoms with E-state index in [1.54, 1.807) is 0 Å². The summed E-state index contributed by atoms with van der Waals surface area (Å²) in [6.45, 7) is 1.05. The third-order valence-electron chi connectivity index (χ3n) is 6.04. The Morgan fingerprint density at radius 1 is 1.15 bits per heavy atom. The van der Waals surface area contributed by atoms with Crippen LogP contribution >= 0.6 is 0 Å². The van der Waals surface area contributed by atoms with E-state index in [0.717, 1.165) is 42.7 Å². The second kappa shape index (κ2) is 6.98. The Balaban J connectivity index is 1.48. The van der Waals surface area contributed by atoms with Gasteiger partial charge in [0.25, 0.3) is 0 Å². The van der Waals surface area contributed by atoms with Gasteiger partial charge in [0.2, 0.25) is 22.7 Å². The summed E-state index contributed by atoms with van der Waals surface area (Å²) < 4.78 is 35.7. The molecule has 0 spiro atoms. The molecule has 148 valence electrons. The van der Waals surface area contributed by atoms with E-state index in [-0.39, 0.29) is 24.2 Å². The number of carbonyl (C=O) groups is 1. The van der Waals surface area contributed by atoms with E-state index < -0.39 is 10.0 Å². The van der Waals surface area contributed by atoms with Crippen LogP contribution in [-0.2, 0) is 20.4 Å². The highest BCUT2D eigenvalue weighted by Crippen LogP contribution is 2.43. The zero-order valence-electron chi connectivity index (χ0n) is 15.6. The van der Waals surface area contributed by atoms with Crippen LogP contribution in [0.15, 0.2) is 18.2 Å². The molecule has 0 unspecified atom stereocenters. The maximum Gasteiger partial charge on any atom is 0.231 e. The number of nitrogens with one attached hydrogen (secondary N) is 1. The van der Waals surface area contributed by atoms with Crippen molar-refractivity contribution in [2.24, 2.45) is 5.92 Å². The average Bonchev–Trinajstić information content (AvgIpc) is 3.30. The molecule has 8 heteroatoms. The number of benzene rings is 1. The molecule has 1 amide bonds. The van der Waals surface area contributed by atoms with E-state index in [4.69, 9.17) is 9.47 Å². The van der Waals surface area contributed by atoms with Gasteiger partial charge >= 0.3 is 0 Å². The Morgan fingerprint density at radius 2 is 1.81 bits per heavy atom. The van der Waals surface area contributed by atoms with E-state index in [2.05, 4.69) is 5.32 Å². The number of carbonyl (C=O) groups excluding carboxylic acids is 1. The van der Waals surface area contributed by atoms with E-state index in [9.17, 15) is 13.2 Å². The minimum Gasteiger partial charge on any atom is -0.454 e. The van der Waals surface area contributed by atoms with Gasteiger partial charge in [-0.3, -0.25) is 4.79 Å². The molecule has 0 aromatic heterocycles. The van der Waals surface area contributed by atoms with Crippen LogP contribution in [0.4, 0.5) is 0 Å². The molecule has 1 saturated carbocycles. The van der Waals surface area contributed by atoms with Crippen molar-refractivity contribution in [3.8, 4) is 11.5 Å². The van der Waals surface area contributed by atoms with Crippen molar-refractivity contribution < 1.29 is 22.7 Å². The standard InChI is InChI=1S/C19H26N2O5S/c1-27(23,24)21-10-6-14(7-11-21)18(22)20-19(8-2-3-9-19)15-4-5-16-17(12-15)26-13-25-16/h4-5,12,14H,2-3,6-11,13H2,1H3,(H,20,22). The number of hydrogen-bond acceptors (Lipinski definition) is 5.